The molecule has 0 aliphatic rings. The van der Waals surface area contributed by atoms with E-state index in [1.54, 1.807) is 32.9 Å². The number of hydrogen-bond donors (Lipinski definition) is 2. The van der Waals surface area contributed by atoms with Gasteiger partial charge in [-0.2, -0.15) is 0 Å². The highest BCUT2D eigenvalue weighted by Crippen LogP contribution is 2.25. The molecule has 0 heterocycles. The van der Waals surface area contributed by atoms with Crippen LogP contribution in [0.2, 0.25) is 0 Å². The highest BCUT2D eigenvalue weighted by molar-refractivity contribution is 7.94. The molecule has 0 bridgehead atoms. The van der Waals surface area contributed by atoms with Crippen molar-refractivity contribution in [3.05, 3.63) is 29.8 Å². The van der Waals surface area contributed by atoms with Gasteiger partial charge in [-0.15, -0.1) is 0 Å². The van der Waals surface area contributed by atoms with Crippen LogP contribution >= 0.6 is 0 Å². The number of nitrogens with two attached hydrogens (primary N) is 1. The molecule has 0 saturated heterocycles. The van der Waals surface area contributed by atoms with Crippen LogP contribution in [0.1, 0.15) is 39.3 Å². The molecule has 0 aliphatic carbocycles. The Balaban J connectivity index is 3.13. The van der Waals surface area contributed by atoms with Crippen LogP contribution in [0.25, 0.3) is 0 Å². The van der Waals surface area contributed by atoms with Crippen LogP contribution in [0.3, 0.4) is 0 Å². The van der Waals surface area contributed by atoms with Crippen LogP contribution < -0.4 is 10.5 Å². The average molecular weight is 256 g/mol. The van der Waals surface area contributed by atoms with E-state index in [0.29, 0.717) is 5.69 Å². The second-order valence-corrected chi connectivity index (χ2v) is 7.53. The second-order valence-electron chi connectivity index (χ2n) is 5.09. The third-order valence-corrected chi connectivity index (χ3v) is 4.60. The van der Waals surface area contributed by atoms with Crippen LogP contribution in [0.15, 0.2) is 24.3 Å². The van der Waals surface area contributed by atoms with Crippen LogP contribution in [0.4, 0.5) is 5.69 Å². The molecule has 0 saturated carbocycles. The summed E-state index contributed by atoms with van der Waals surface area (Å²) >= 11 is 0. The van der Waals surface area contributed by atoms with E-state index in [4.69, 9.17) is 5.73 Å². The summed E-state index contributed by atoms with van der Waals surface area (Å²) in [5.74, 6) is 0. The van der Waals surface area contributed by atoms with Gasteiger partial charge in [-0.3, -0.25) is 4.72 Å². The number of anilines is 1. The van der Waals surface area contributed by atoms with Gasteiger partial charge in [0.15, 0.2) is 0 Å². The lowest BCUT2D eigenvalue weighted by Crippen LogP contribution is -2.34. The zero-order valence-corrected chi connectivity index (χ0v) is 11.5. The molecule has 1 atom stereocenters. The molecule has 4 nitrogen and oxygen atoms in total. The molecule has 3 N–H and O–H groups in total. The molecule has 1 rings (SSSR count). The molecule has 1 aromatic carbocycles. The number of para-hydroxylation sites is 1. The lowest BCUT2D eigenvalue weighted by atomic mass is 10.1. The highest BCUT2D eigenvalue weighted by atomic mass is 32.2. The van der Waals surface area contributed by atoms with E-state index in [1.807, 2.05) is 19.1 Å². The topological polar surface area (TPSA) is 72.2 Å². The third-order valence-electron chi connectivity index (χ3n) is 2.50. The first-order valence-electron chi connectivity index (χ1n) is 5.52. The fourth-order valence-corrected chi connectivity index (χ4v) is 2.07. The van der Waals surface area contributed by atoms with E-state index in [0.717, 1.165) is 5.56 Å². The molecule has 0 radical (unpaired) electrons. The monoisotopic (exact) mass is 256 g/mol. The Bertz CT molecular complexity index is 487. The molecule has 1 aromatic rings. The lowest BCUT2D eigenvalue weighted by molar-refractivity contribution is 0.566. The summed E-state index contributed by atoms with van der Waals surface area (Å²) in [6, 6.07) is 6.96. The van der Waals surface area contributed by atoms with Crippen molar-refractivity contribution in [2.24, 2.45) is 5.73 Å². The van der Waals surface area contributed by atoms with Crippen molar-refractivity contribution in [1.29, 1.82) is 0 Å². The zero-order chi connectivity index (χ0) is 13.3. The first-order chi connectivity index (χ1) is 7.65. The first kappa shape index (κ1) is 14.0. The fraction of sp³-hybridized carbons (Fsp3) is 0.500. The molecule has 0 aromatic heterocycles. The molecular formula is C12H20N2O2S. The van der Waals surface area contributed by atoms with Gasteiger partial charge in [0.1, 0.15) is 0 Å². The number of nitrogens with one attached hydrogen (secondary N) is 1. The lowest BCUT2D eigenvalue weighted by Gasteiger charge is -2.22. The molecule has 0 aliphatic heterocycles. The zero-order valence-electron chi connectivity index (χ0n) is 10.7. The van der Waals surface area contributed by atoms with Crippen LogP contribution in [0.5, 0.6) is 0 Å². The van der Waals surface area contributed by atoms with Crippen molar-refractivity contribution >= 4 is 15.7 Å². The third kappa shape index (κ3) is 3.20. The van der Waals surface area contributed by atoms with Crippen molar-refractivity contribution in [3.63, 3.8) is 0 Å². The molecule has 1 unspecified atom stereocenters. The maximum Gasteiger partial charge on any atom is 0.237 e. The van der Waals surface area contributed by atoms with E-state index >= 15 is 0 Å². The molecule has 17 heavy (non-hydrogen) atoms. The van der Waals surface area contributed by atoms with Crippen LogP contribution in [-0.2, 0) is 10.0 Å². The normalized spacial score (nSPS) is 14.4. The number of sulfonamides is 1. The van der Waals surface area contributed by atoms with Crippen molar-refractivity contribution < 1.29 is 8.42 Å². The van der Waals surface area contributed by atoms with E-state index in [1.165, 1.54) is 0 Å². The summed E-state index contributed by atoms with van der Waals surface area (Å²) < 4.78 is 25.8. The number of rotatable bonds is 3. The van der Waals surface area contributed by atoms with Crippen molar-refractivity contribution in [2.45, 2.75) is 38.5 Å². The quantitative estimate of drug-likeness (QED) is 0.871. The fourth-order valence-electron chi connectivity index (χ4n) is 1.28. The molecule has 0 amide bonds. The van der Waals surface area contributed by atoms with Gasteiger partial charge in [0.2, 0.25) is 10.0 Å². The van der Waals surface area contributed by atoms with Gasteiger partial charge >= 0.3 is 0 Å². The van der Waals surface area contributed by atoms with E-state index < -0.39 is 14.8 Å². The van der Waals surface area contributed by atoms with E-state index in [9.17, 15) is 8.42 Å². The Morgan fingerprint density at radius 2 is 1.76 bits per heavy atom. The van der Waals surface area contributed by atoms with Crippen molar-refractivity contribution in [3.8, 4) is 0 Å². The summed E-state index contributed by atoms with van der Waals surface area (Å²) in [5, 5.41) is 0. The minimum Gasteiger partial charge on any atom is -0.324 e. The van der Waals surface area contributed by atoms with Gasteiger partial charge in [0.25, 0.3) is 0 Å². The SMILES string of the molecule is CC(N)c1ccccc1NS(=O)(=O)C(C)(C)C. The van der Waals surface area contributed by atoms with Crippen LogP contribution in [0, 0.1) is 0 Å². The smallest absolute Gasteiger partial charge is 0.237 e. The standard InChI is InChI=1S/C12H20N2O2S/c1-9(13)10-7-5-6-8-11(10)14-17(15,16)12(2,3)4/h5-9,14H,13H2,1-4H3. The van der Waals surface area contributed by atoms with Gasteiger partial charge in [-0.25, -0.2) is 8.42 Å². The molecule has 0 fully saturated rings. The van der Waals surface area contributed by atoms with E-state index in [-0.39, 0.29) is 6.04 Å². The van der Waals surface area contributed by atoms with Gasteiger partial charge < -0.3 is 5.73 Å². The Labute approximate surface area is 103 Å². The Morgan fingerprint density at radius 1 is 1.24 bits per heavy atom. The van der Waals surface area contributed by atoms with Gasteiger partial charge in [-0.05, 0) is 39.3 Å². The minimum absolute atomic E-state index is 0.214. The maximum atomic E-state index is 12.0. The summed E-state index contributed by atoms with van der Waals surface area (Å²) in [6.07, 6.45) is 0. The Kier molecular flexibility index (Phi) is 3.84. The van der Waals surface area contributed by atoms with Gasteiger partial charge in [-0.1, -0.05) is 18.2 Å². The molecule has 5 heteroatoms. The summed E-state index contributed by atoms with van der Waals surface area (Å²) in [4.78, 5) is 0. The minimum atomic E-state index is -3.41. The Hall–Kier alpha value is -1.07. The second kappa shape index (κ2) is 4.66. The summed E-state index contributed by atoms with van der Waals surface area (Å²) in [5.41, 5.74) is 7.15. The molecular weight excluding hydrogens is 236 g/mol. The molecule has 96 valence electrons. The number of hydrogen-bond acceptors (Lipinski definition) is 3. The largest absolute Gasteiger partial charge is 0.324 e. The van der Waals surface area contributed by atoms with E-state index in [2.05, 4.69) is 4.72 Å². The molecule has 0 spiro atoms. The summed E-state index contributed by atoms with van der Waals surface area (Å²) in [6.45, 7) is 6.79. The first-order valence-corrected chi connectivity index (χ1v) is 7.00. The number of benzene rings is 1. The summed E-state index contributed by atoms with van der Waals surface area (Å²) in [7, 11) is -3.41. The predicted molar refractivity (Wildman–Crippen MR) is 71.3 cm³/mol. The van der Waals surface area contributed by atoms with Crippen LogP contribution in [-0.4, -0.2) is 13.2 Å². The predicted octanol–water partition coefficient (Wildman–Crippen LogP) is 2.25. The highest BCUT2D eigenvalue weighted by Gasteiger charge is 2.29. The average Bonchev–Trinajstić information content (AvgIpc) is 2.15. The van der Waals surface area contributed by atoms with Gasteiger partial charge in [0.05, 0.1) is 10.4 Å². The van der Waals surface area contributed by atoms with Crippen molar-refractivity contribution in [1.82, 2.24) is 0 Å². The van der Waals surface area contributed by atoms with Crippen molar-refractivity contribution in [2.75, 3.05) is 4.72 Å². The Morgan fingerprint density at radius 3 is 2.24 bits per heavy atom. The maximum absolute atomic E-state index is 12.0. The van der Waals surface area contributed by atoms with Gasteiger partial charge in [0, 0.05) is 6.04 Å².